The lowest BCUT2D eigenvalue weighted by Crippen LogP contribution is -2.41. The van der Waals surface area contributed by atoms with Crippen LogP contribution in [0.2, 0.25) is 0 Å². The number of aromatic nitrogens is 1. The summed E-state index contributed by atoms with van der Waals surface area (Å²) in [7, 11) is -4.17. The van der Waals surface area contributed by atoms with Gasteiger partial charge in [0.05, 0.1) is 10.2 Å². The second kappa shape index (κ2) is 8.25. The summed E-state index contributed by atoms with van der Waals surface area (Å²) >= 11 is 1.40. The van der Waals surface area contributed by atoms with Crippen LogP contribution in [0.4, 0.5) is 13.9 Å². The number of nitrogens with zero attached hydrogens (tertiary/aromatic N) is 2. The second-order valence-electron chi connectivity index (χ2n) is 7.69. The smallest absolute Gasteiger partial charge is 0.246 e. The van der Waals surface area contributed by atoms with Gasteiger partial charge in [0.25, 0.3) is 0 Å². The fourth-order valence-electron chi connectivity index (χ4n) is 3.81. The third-order valence-electron chi connectivity index (χ3n) is 5.39. The molecule has 4 rings (SSSR count). The molecule has 164 valence electrons. The zero-order chi connectivity index (χ0) is 22.3. The maximum Gasteiger partial charge on any atom is 0.246 e. The molecule has 1 saturated heterocycles. The number of fused-ring (bicyclic) bond motifs is 1. The van der Waals surface area contributed by atoms with Gasteiger partial charge in [-0.15, -0.1) is 0 Å². The highest BCUT2D eigenvalue weighted by Crippen LogP contribution is 2.31. The van der Waals surface area contributed by atoms with Crippen LogP contribution in [0.1, 0.15) is 24.0 Å². The maximum absolute atomic E-state index is 14.0. The number of carbonyl (C=O) groups excluding carboxylic acids is 1. The summed E-state index contributed by atoms with van der Waals surface area (Å²) in [5.74, 6) is -2.43. The lowest BCUT2D eigenvalue weighted by atomic mass is 9.97. The van der Waals surface area contributed by atoms with Crippen molar-refractivity contribution in [1.29, 1.82) is 0 Å². The lowest BCUT2D eigenvalue weighted by Gasteiger charge is -2.30. The summed E-state index contributed by atoms with van der Waals surface area (Å²) < 4.78 is 54.9. The summed E-state index contributed by atoms with van der Waals surface area (Å²) in [4.78, 5) is 16.5. The fourth-order valence-corrected chi connectivity index (χ4v) is 6.27. The number of aryl methyl sites for hydroxylation is 2. The van der Waals surface area contributed by atoms with Crippen LogP contribution in [0, 0.1) is 31.4 Å². The number of sulfonamides is 1. The minimum atomic E-state index is -4.17. The molecule has 0 aliphatic carbocycles. The summed E-state index contributed by atoms with van der Waals surface area (Å²) in [6.07, 6.45) is 0.566. The van der Waals surface area contributed by atoms with Gasteiger partial charge in [-0.05, 0) is 62.1 Å². The van der Waals surface area contributed by atoms with Crippen LogP contribution in [0.5, 0.6) is 0 Å². The number of thiazole rings is 1. The Kier molecular flexibility index (Phi) is 5.80. The fraction of sp³-hybridized carbons (Fsp3) is 0.333. The van der Waals surface area contributed by atoms with Crippen molar-refractivity contribution >= 4 is 42.6 Å². The number of piperidine rings is 1. The molecule has 31 heavy (non-hydrogen) atoms. The monoisotopic (exact) mass is 465 g/mol. The predicted octanol–water partition coefficient (Wildman–Crippen LogP) is 4.23. The summed E-state index contributed by atoms with van der Waals surface area (Å²) in [5.41, 5.74) is 3.02. The van der Waals surface area contributed by atoms with Gasteiger partial charge in [0.15, 0.2) is 5.13 Å². The summed E-state index contributed by atoms with van der Waals surface area (Å²) in [6, 6.07) is 6.37. The molecule has 0 atom stereocenters. The number of nitrogens with one attached hydrogen (secondary N) is 1. The molecule has 0 radical (unpaired) electrons. The Labute approximate surface area is 183 Å². The Morgan fingerprint density at radius 3 is 2.58 bits per heavy atom. The molecule has 1 amide bonds. The summed E-state index contributed by atoms with van der Waals surface area (Å²) in [5, 5.41) is 3.35. The number of amides is 1. The first kappa shape index (κ1) is 21.8. The van der Waals surface area contributed by atoms with Gasteiger partial charge in [-0.25, -0.2) is 22.2 Å². The van der Waals surface area contributed by atoms with Crippen molar-refractivity contribution in [3.05, 3.63) is 53.1 Å². The zero-order valence-electron chi connectivity index (χ0n) is 17.0. The van der Waals surface area contributed by atoms with Crippen molar-refractivity contribution in [3.63, 3.8) is 0 Å². The first-order valence-electron chi connectivity index (χ1n) is 9.79. The van der Waals surface area contributed by atoms with Gasteiger partial charge in [-0.1, -0.05) is 17.4 Å². The van der Waals surface area contributed by atoms with Gasteiger partial charge < -0.3 is 5.32 Å². The molecule has 0 bridgehead atoms. The topological polar surface area (TPSA) is 79.4 Å². The highest BCUT2D eigenvalue weighted by Gasteiger charge is 2.34. The third kappa shape index (κ3) is 4.32. The molecule has 1 aliphatic heterocycles. The van der Waals surface area contributed by atoms with Crippen molar-refractivity contribution < 1.29 is 22.0 Å². The minimum Gasteiger partial charge on any atom is -0.302 e. The van der Waals surface area contributed by atoms with Crippen molar-refractivity contribution in [2.45, 2.75) is 31.6 Å². The SMILES string of the molecule is Cc1cc(C)c2sc(NC(=O)C3CCN(S(=O)(=O)c4cc(F)ccc4F)CC3)nc2c1. The van der Waals surface area contributed by atoms with Crippen LogP contribution in [-0.2, 0) is 14.8 Å². The Morgan fingerprint density at radius 1 is 1.16 bits per heavy atom. The van der Waals surface area contributed by atoms with Crippen molar-refractivity contribution in [2.75, 3.05) is 18.4 Å². The molecule has 3 aromatic rings. The zero-order valence-corrected chi connectivity index (χ0v) is 18.6. The molecule has 0 spiro atoms. The quantitative estimate of drug-likeness (QED) is 0.625. The first-order valence-corrected chi connectivity index (χ1v) is 12.0. The predicted molar refractivity (Wildman–Crippen MR) is 116 cm³/mol. The number of hydrogen-bond acceptors (Lipinski definition) is 5. The van der Waals surface area contributed by atoms with E-state index in [0.29, 0.717) is 11.2 Å². The minimum absolute atomic E-state index is 0.0501. The Hall–Kier alpha value is -2.43. The van der Waals surface area contributed by atoms with E-state index in [9.17, 15) is 22.0 Å². The largest absolute Gasteiger partial charge is 0.302 e. The van der Waals surface area contributed by atoms with Crippen molar-refractivity contribution in [1.82, 2.24) is 9.29 Å². The van der Waals surface area contributed by atoms with Gasteiger partial charge in [0.1, 0.15) is 16.5 Å². The van der Waals surface area contributed by atoms with E-state index in [0.717, 1.165) is 37.8 Å². The molecule has 1 fully saturated rings. The molecule has 2 heterocycles. The van der Waals surface area contributed by atoms with Gasteiger partial charge >= 0.3 is 0 Å². The molecule has 1 aromatic heterocycles. The maximum atomic E-state index is 14.0. The molecule has 1 aliphatic rings. The lowest BCUT2D eigenvalue weighted by molar-refractivity contribution is -0.120. The van der Waals surface area contributed by atoms with Crippen LogP contribution >= 0.6 is 11.3 Å². The van der Waals surface area contributed by atoms with Gasteiger partial charge in [-0.3, -0.25) is 4.79 Å². The van der Waals surface area contributed by atoms with E-state index in [1.165, 1.54) is 11.3 Å². The number of benzene rings is 2. The highest BCUT2D eigenvalue weighted by atomic mass is 32.2. The molecule has 6 nitrogen and oxygen atoms in total. The van der Waals surface area contributed by atoms with Crippen LogP contribution in [-0.4, -0.2) is 36.7 Å². The van der Waals surface area contributed by atoms with Crippen LogP contribution in [0.15, 0.2) is 35.2 Å². The Balaban J connectivity index is 1.43. The molecule has 2 aromatic carbocycles. The first-order chi connectivity index (χ1) is 14.6. The normalized spacial score (nSPS) is 16.0. The van der Waals surface area contributed by atoms with Gasteiger partial charge in [-0.2, -0.15) is 4.31 Å². The average Bonchev–Trinajstić information content (AvgIpc) is 3.12. The molecule has 10 heteroatoms. The number of carbonyl (C=O) groups is 1. The average molecular weight is 466 g/mol. The summed E-state index contributed by atoms with van der Waals surface area (Å²) in [6.45, 7) is 4.08. The van der Waals surface area contributed by atoms with Crippen LogP contribution in [0.3, 0.4) is 0 Å². The number of halogens is 2. The second-order valence-corrected chi connectivity index (χ2v) is 10.6. The van der Waals surface area contributed by atoms with E-state index < -0.39 is 32.5 Å². The Bertz CT molecular complexity index is 1270. The van der Waals surface area contributed by atoms with Crippen LogP contribution in [0.25, 0.3) is 10.2 Å². The standard InChI is InChI=1S/C21H21F2N3O3S2/c1-12-9-13(2)19-17(10-12)24-21(30-19)25-20(27)14-5-7-26(8-6-14)31(28,29)18-11-15(22)3-4-16(18)23/h3-4,9-11,14H,5-8H2,1-2H3,(H,24,25,27). The highest BCUT2D eigenvalue weighted by molar-refractivity contribution is 7.89. The third-order valence-corrected chi connectivity index (χ3v) is 8.42. The van der Waals surface area contributed by atoms with E-state index in [1.807, 2.05) is 19.9 Å². The van der Waals surface area contributed by atoms with Crippen LogP contribution < -0.4 is 5.32 Å². The van der Waals surface area contributed by atoms with Crippen molar-refractivity contribution in [2.24, 2.45) is 5.92 Å². The van der Waals surface area contributed by atoms with E-state index in [-0.39, 0.29) is 31.8 Å². The number of hydrogen-bond donors (Lipinski definition) is 1. The molecular weight excluding hydrogens is 444 g/mol. The van der Waals surface area contributed by atoms with Crippen molar-refractivity contribution in [3.8, 4) is 0 Å². The van der Waals surface area contributed by atoms with Gasteiger partial charge in [0, 0.05) is 19.0 Å². The Morgan fingerprint density at radius 2 is 1.87 bits per heavy atom. The number of rotatable bonds is 4. The van der Waals surface area contributed by atoms with E-state index in [4.69, 9.17) is 0 Å². The molecule has 1 N–H and O–H groups in total. The van der Waals surface area contributed by atoms with E-state index in [1.54, 1.807) is 0 Å². The number of anilines is 1. The van der Waals surface area contributed by atoms with E-state index in [2.05, 4.69) is 16.4 Å². The molecule has 0 unspecified atom stereocenters. The van der Waals surface area contributed by atoms with E-state index >= 15 is 0 Å². The van der Waals surface area contributed by atoms with Gasteiger partial charge in [0.2, 0.25) is 15.9 Å². The molecule has 0 saturated carbocycles. The molecular formula is C21H21F2N3O3S2.